The Kier molecular flexibility index (Phi) is 4.97. The van der Waals surface area contributed by atoms with Gasteiger partial charge in [-0.3, -0.25) is 0 Å². The highest BCUT2D eigenvalue weighted by Crippen LogP contribution is 2.27. The summed E-state index contributed by atoms with van der Waals surface area (Å²) >= 11 is 0. The van der Waals surface area contributed by atoms with Crippen molar-refractivity contribution in [2.45, 2.75) is 19.1 Å². The van der Waals surface area contributed by atoms with Crippen molar-refractivity contribution < 1.29 is 9.53 Å². The van der Waals surface area contributed by atoms with E-state index in [4.69, 9.17) is 4.74 Å². The molecule has 0 N–H and O–H groups in total. The molecule has 0 aliphatic carbocycles. The van der Waals surface area contributed by atoms with Gasteiger partial charge < -0.3 is 9.30 Å². The summed E-state index contributed by atoms with van der Waals surface area (Å²) < 4.78 is 7.89. The van der Waals surface area contributed by atoms with Crippen LogP contribution in [0.15, 0.2) is 91.5 Å². The summed E-state index contributed by atoms with van der Waals surface area (Å²) in [4.78, 5) is 16.7. The maximum absolute atomic E-state index is 12.6. The predicted octanol–water partition coefficient (Wildman–Crippen LogP) is 5.02. The molecular formula is C23H20N2O2. The van der Waals surface area contributed by atoms with Gasteiger partial charge >= 0.3 is 5.97 Å². The molecule has 1 unspecified atom stereocenters. The van der Waals surface area contributed by atoms with Crippen LogP contribution in [-0.4, -0.2) is 15.5 Å². The van der Waals surface area contributed by atoms with E-state index in [1.807, 2.05) is 47.2 Å². The first-order chi connectivity index (χ1) is 13.3. The number of carbonyl (C=O) groups is 1. The lowest BCUT2D eigenvalue weighted by Crippen LogP contribution is -2.14. The monoisotopic (exact) mass is 356 g/mol. The van der Waals surface area contributed by atoms with Crippen LogP contribution in [-0.2, 0) is 11.3 Å². The molecule has 0 radical (unpaired) electrons. The third kappa shape index (κ3) is 4.06. The molecule has 4 heteroatoms. The van der Waals surface area contributed by atoms with Gasteiger partial charge in [0.1, 0.15) is 6.10 Å². The number of aromatic nitrogens is 2. The van der Waals surface area contributed by atoms with Gasteiger partial charge in [0.2, 0.25) is 0 Å². The summed E-state index contributed by atoms with van der Waals surface area (Å²) in [6, 6.07) is 23.5. The van der Waals surface area contributed by atoms with Gasteiger partial charge in [-0.2, -0.15) is 0 Å². The molecule has 0 amide bonds. The van der Waals surface area contributed by atoms with Crippen molar-refractivity contribution in [2.24, 2.45) is 0 Å². The third-order valence-electron chi connectivity index (χ3n) is 4.61. The first kappa shape index (κ1) is 17.0. The Morgan fingerprint density at radius 3 is 2.52 bits per heavy atom. The van der Waals surface area contributed by atoms with E-state index in [1.54, 1.807) is 24.7 Å². The van der Waals surface area contributed by atoms with E-state index >= 15 is 0 Å². The van der Waals surface area contributed by atoms with Crippen molar-refractivity contribution in [2.75, 3.05) is 0 Å². The number of benzene rings is 3. The minimum atomic E-state index is -0.329. The SMILES string of the molecule is O=C(OC(CCn1ccnc1)c1ccc2ccccc2c1)c1ccccc1. The molecule has 0 aliphatic rings. The molecular weight excluding hydrogens is 336 g/mol. The Balaban J connectivity index is 1.60. The van der Waals surface area contributed by atoms with Crippen molar-refractivity contribution in [1.82, 2.24) is 9.55 Å². The van der Waals surface area contributed by atoms with E-state index in [1.165, 1.54) is 5.39 Å². The molecule has 4 aromatic rings. The lowest BCUT2D eigenvalue weighted by molar-refractivity contribution is 0.0267. The average Bonchev–Trinajstić information content (AvgIpc) is 3.25. The molecule has 1 atom stereocenters. The van der Waals surface area contributed by atoms with Crippen LogP contribution in [0.5, 0.6) is 0 Å². The second kappa shape index (κ2) is 7.87. The van der Waals surface area contributed by atoms with E-state index in [0.29, 0.717) is 12.0 Å². The van der Waals surface area contributed by atoms with Gasteiger partial charge in [0.05, 0.1) is 11.9 Å². The number of aryl methyl sites for hydroxylation is 1. The van der Waals surface area contributed by atoms with E-state index in [0.717, 1.165) is 17.5 Å². The smallest absolute Gasteiger partial charge is 0.338 e. The molecule has 134 valence electrons. The predicted molar refractivity (Wildman–Crippen MR) is 105 cm³/mol. The van der Waals surface area contributed by atoms with Crippen LogP contribution in [0.1, 0.15) is 28.4 Å². The Morgan fingerprint density at radius 1 is 0.963 bits per heavy atom. The van der Waals surface area contributed by atoms with Gasteiger partial charge in [0.15, 0.2) is 0 Å². The van der Waals surface area contributed by atoms with Crippen molar-refractivity contribution in [3.8, 4) is 0 Å². The molecule has 1 heterocycles. The minimum Gasteiger partial charge on any atom is -0.454 e. The fraction of sp³-hybridized carbons (Fsp3) is 0.130. The van der Waals surface area contributed by atoms with Crippen LogP contribution >= 0.6 is 0 Å². The van der Waals surface area contributed by atoms with E-state index in [2.05, 4.69) is 29.2 Å². The molecule has 0 bridgehead atoms. The van der Waals surface area contributed by atoms with Crippen LogP contribution < -0.4 is 0 Å². The summed E-state index contributed by atoms with van der Waals surface area (Å²) in [6.07, 6.45) is 5.78. The largest absolute Gasteiger partial charge is 0.454 e. The Bertz CT molecular complexity index is 1030. The van der Waals surface area contributed by atoms with Gasteiger partial charge in [-0.05, 0) is 34.5 Å². The second-order valence-corrected chi connectivity index (χ2v) is 6.46. The molecule has 0 spiro atoms. The van der Waals surface area contributed by atoms with Crippen molar-refractivity contribution in [3.63, 3.8) is 0 Å². The molecule has 1 aromatic heterocycles. The third-order valence-corrected chi connectivity index (χ3v) is 4.61. The van der Waals surface area contributed by atoms with E-state index < -0.39 is 0 Å². The van der Waals surface area contributed by atoms with Gasteiger partial charge in [0, 0.05) is 25.4 Å². The van der Waals surface area contributed by atoms with Crippen molar-refractivity contribution in [1.29, 1.82) is 0 Å². The van der Waals surface area contributed by atoms with Crippen LogP contribution in [0.4, 0.5) is 0 Å². The molecule has 4 nitrogen and oxygen atoms in total. The zero-order valence-corrected chi connectivity index (χ0v) is 14.9. The highest BCUT2D eigenvalue weighted by Gasteiger charge is 2.18. The minimum absolute atomic E-state index is 0.306. The zero-order chi connectivity index (χ0) is 18.5. The number of imidazole rings is 1. The number of esters is 1. The van der Waals surface area contributed by atoms with Crippen molar-refractivity contribution in [3.05, 3.63) is 103 Å². The molecule has 0 fully saturated rings. The van der Waals surface area contributed by atoms with Crippen LogP contribution in [0.2, 0.25) is 0 Å². The molecule has 0 saturated heterocycles. The van der Waals surface area contributed by atoms with Crippen LogP contribution in [0, 0.1) is 0 Å². The summed E-state index contributed by atoms with van der Waals surface area (Å²) in [5.41, 5.74) is 1.56. The Hall–Kier alpha value is -3.40. The number of hydrogen-bond acceptors (Lipinski definition) is 3. The highest BCUT2D eigenvalue weighted by atomic mass is 16.5. The molecule has 4 rings (SSSR count). The van der Waals surface area contributed by atoms with E-state index in [9.17, 15) is 4.79 Å². The summed E-state index contributed by atoms with van der Waals surface area (Å²) in [5.74, 6) is -0.306. The summed E-state index contributed by atoms with van der Waals surface area (Å²) in [6.45, 7) is 0.722. The number of fused-ring (bicyclic) bond motifs is 1. The van der Waals surface area contributed by atoms with Gasteiger partial charge in [-0.25, -0.2) is 9.78 Å². The fourth-order valence-corrected chi connectivity index (χ4v) is 3.16. The maximum Gasteiger partial charge on any atom is 0.338 e. The Labute approximate surface area is 158 Å². The average molecular weight is 356 g/mol. The second-order valence-electron chi connectivity index (χ2n) is 6.46. The Morgan fingerprint density at radius 2 is 1.74 bits per heavy atom. The fourth-order valence-electron chi connectivity index (χ4n) is 3.16. The van der Waals surface area contributed by atoms with Crippen LogP contribution in [0.25, 0.3) is 10.8 Å². The molecule has 27 heavy (non-hydrogen) atoms. The standard InChI is InChI=1S/C23H20N2O2/c26-23(19-7-2-1-3-8-19)27-22(12-14-25-15-13-24-17-25)21-11-10-18-6-4-5-9-20(18)16-21/h1-11,13,15-17,22H,12,14H2. The zero-order valence-electron chi connectivity index (χ0n) is 14.9. The highest BCUT2D eigenvalue weighted by molar-refractivity contribution is 5.89. The number of rotatable bonds is 6. The number of nitrogens with zero attached hydrogens (tertiary/aromatic N) is 2. The molecule has 0 aliphatic heterocycles. The van der Waals surface area contributed by atoms with Gasteiger partial charge in [0.25, 0.3) is 0 Å². The molecule has 3 aromatic carbocycles. The summed E-state index contributed by atoms with van der Waals surface area (Å²) in [5, 5.41) is 2.31. The van der Waals surface area contributed by atoms with Gasteiger partial charge in [-0.15, -0.1) is 0 Å². The quantitative estimate of drug-likeness (QED) is 0.455. The first-order valence-electron chi connectivity index (χ1n) is 9.00. The van der Waals surface area contributed by atoms with E-state index in [-0.39, 0.29) is 12.1 Å². The summed E-state index contributed by atoms with van der Waals surface area (Å²) in [7, 11) is 0. The lowest BCUT2D eigenvalue weighted by Gasteiger charge is -2.19. The van der Waals surface area contributed by atoms with Crippen LogP contribution in [0.3, 0.4) is 0 Å². The number of ether oxygens (including phenoxy) is 1. The molecule has 0 saturated carbocycles. The lowest BCUT2D eigenvalue weighted by atomic mass is 10.0. The number of hydrogen-bond donors (Lipinski definition) is 0. The maximum atomic E-state index is 12.6. The number of carbonyl (C=O) groups excluding carboxylic acids is 1. The van der Waals surface area contributed by atoms with Gasteiger partial charge in [-0.1, -0.05) is 54.6 Å². The topological polar surface area (TPSA) is 44.1 Å². The first-order valence-corrected chi connectivity index (χ1v) is 9.00. The van der Waals surface area contributed by atoms with Crippen molar-refractivity contribution >= 4 is 16.7 Å². The normalized spacial score (nSPS) is 12.0.